The maximum absolute atomic E-state index is 12.0. The van der Waals surface area contributed by atoms with E-state index < -0.39 is 0 Å². The summed E-state index contributed by atoms with van der Waals surface area (Å²) >= 11 is 0. The Morgan fingerprint density at radius 1 is 1.00 bits per heavy atom. The Labute approximate surface area is 150 Å². The van der Waals surface area contributed by atoms with Gasteiger partial charge in [0.1, 0.15) is 6.61 Å². The third-order valence-corrected chi connectivity index (χ3v) is 3.59. The van der Waals surface area contributed by atoms with Crippen LogP contribution in [0.5, 0.6) is 11.5 Å². The van der Waals surface area contributed by atoms with E-state index in [2.05, 4.69) is 16.0 Å². The van der Waals surface area contributed by atoms with Crippen molar-refractivity contribution in [2.45, 2.75) is 6.54 Å². The Morgan fingerprint density at radius 2 is 1.69 bits per heavy atom. The number of anilines is 2. The van der Waals surface area contributed by atoms with E-state index in [1.165, 1.54) is 7.11 Å². The van der Waals surface area contributed by atoms with Crippen molar-refractivity contribution in [3.8, 4) is 11.5 Å². The summed E-state index contributed by atoms with van der Waals surface area (Å²) in [5.41, 5.74) is 2.14. The van der Waals surface area contributed by atoms with Gasteiger partial charge in [-0.15, -0.1) is 0 Å². The van der Waals surface area contributed by atoms with Gasteiger partial charge in [0.05, 0.1) is 0 Å². The molecule has 0 bridgehead atoms. The lowest BCUT2D eigenvalue weighted by molar-refractivity contribution is -0.119. The molecule has 0 unspecified atom stereocenters. The number of ether oxygens (including phenoxy) is 3. The van der Waals surface area contributed by atoms with Crippen molar-refractivity contribution >= 4 is 23.3 Å². The van der Waals surface area contributed by atoms with Crippen molar-refractivity contribution in [1.82, 2.24) is 5.32 Å². The average Bonchev–Trinajstić information content (AvgIpc) is 3.09. The van der Waals surface area contributed by atoms with Crippen LogP contribution in [0.15, 0.2) is 42.5 Å². The van der Waals surface area contributed by atoms with Crippen LogP contribution in [0, 0.1) is 0 Å². The van der Waals surface area contributed by atoms with Gasteiger partial charge < -0.3 is 30.2 Å². The molecule has 1 aliphatic heterocycles. The first kappa shape index (κ1) is 17.6. The first-order chi connectivity index (χ1) is 12.6. The van der Waals surface area contributed by atoms with Gasteiger partial charge in [0.25, 0.3) is 0 Å². The van der Waals surface area contributed by atoms with Crippen LogP contribution in [0.3, 0.4) is 0 Å². The zero-order chi connectivity index (χ0) is 18.4. The second-order valence-corrected chi connectivity index (χ2v) is 5.55. The summed E-state index contributed by atoms with van der Waals surface area (Å²) in [4.78, 5) is 23.4. The molecule has 0 saturated heterocycles. The molecule has 3 rings (SSSR count). The lowest BCUT2D eigenvalue weighted by Crippen LogP contribution is -2.28. The number of fused-ring (bicyclic) bond motifs is 1. The zero-order valence-corrected chi connectivity index (χ0v) is 14.2. The van der Waals surface area contributed by atoms with Gasteiger partial charge in [-0.2, -0.15) is 0 Å². The van der Waals surface area contributed by atoms with Crippen LogP contribution in [0.4, 0.5) is 16.2 Å². The molecule has 2 aromatic carbocycles. The minimum atomic E-state index is -0.334. The lowest BCUT2D eigenvalue weighted by Gasteiger charge is -2.09. The third kappa shape index (κ3) is 4.64. The number of hydrogen-bond donors (Lipinski definition) is 3. The Balaban J connectivity index is 1.48. The molecule has 26 heavy (non-hydrogen) atoms. The number of carbonyl (C=O) groups is 2. The number of hydrogen-bond acceptors (Lipinski definition) is 5. The standard InChI is InChI=1S/C18H19N3O5/c1-24-10-17(22)20-13-3-5-14(6-4-13)21-18(23)19-9-12-2-7-15-16(8-12)26-11-25-15/h2-8H,9-11H2,1H3,(H,20,22)(H2,19,21,23). The highest BCUT2D eigenvalue weighted by molar-refractivity contribution is 5.93. The third-order valence-electron chi connectivity index (χ3n) is 3.59. The van der Waals surface area contributed by atoms with Crippen LogP contribution in [-0.4, -0.2) is 32.4 Å². The summed E-state index contributed by atoms with van der Waals surface area (Å²) in [7, 11) is 1.45. The van der Waals surface area contributed by atoms with E-state index in [4.69, 9.17) is 14.2 Å². The van der Waals surface area contributed by atoms with E-state index in [-0.39, 0.29) is 25.3 Å². The summed E-state index contributed by atoms with van der Waals surface area (Å²) < 4.78 is 15.3. The van der Waals surface area contributed by atoms with Crippen molar-refractivity contribution in [2.24, 2.45) is 0 Å². The summed E-state index contributed by atoms with van der Waals surface area (Å²) in [6.07, 6.45) is 0. The fraction of sp³-hybridized carbons (Fsp3) is 0.222. The molecule has 0 spiro atoms. The number of carbonyl (C=O) groups excluding carboxylic acids is 2. The minimum Gasteiger partial charge on any atom is -0.454 e. The maximum Gasteiger partial charge on any atom is 0.319 e. The van der Waals surface area contributed by atoms with Crippen molar-refractivity contribution in [3.63, 3.8) is 0 Å². The maximum atomic E-state index is 12.0. The predicted octanol–water partition coefficient (Wildman–Crippen LogP) is 2.32. The number of urea groups is 1. The summed E-state index contributed by atoms with van der Waals surface area (Å²) in [5.74, 6) is 1.14. The van der Waals surface area contributed by atoms with Gasteiger partial charge in [-0.3, -0.25) is 4.79 Å². The first-order valence-electron chi connectivity index (χ1n) is 7.96. The van der Waals surface area contributed by atoms with Gasteiger partial charge in [0.15, 0.2) is 11.5 Å². The molecule has 0 atom stereocenters. The molecule has 0 aliphatic carbocycles. The molecule has 8 heteroatoms. The van der Waals surface area contributed by atoms with Crippen LogP contribution in [0.1, 0.15) is 5.56 Å². The van der Waals surface area contributed by atoms with Gasteiger partial charge >= 0.3 is 6.03 Å². The fourth-order valence-electron chi connectivity index (χ4n) is 2.37. The van der Waals surface area contributed by atoms with E-state index in [0.717, 1.165) is 5.56 Å². The Morgan fingerprint density at radius 3 is 2.42 bits per heavy atom. The molecule has 3 amide bonds. The van der Waals surface area contributed by atoms with E-state index >= 15 is 0 Å². The van der Waals surface area contributed by atoms with Crippen molar-refractivity contribution in [2.75, 3.05) is 31.1 Å². The van der Waals surface area contributed by atoms with Crippen LogP contribution in [0.25, 0.3) is 0 Å². The van der Waals surface area contributed by atoms with Gasteiger partial charge in [-0.05, 0) is 42.0 Å². The highest BCUT2D eigenvalue weighted by atomic mass is 16.7. The topological polar surface area (TPSA) is 97.9 Å². The van der Waals surface area contributed by atoms with Crippen molar-refractivity contribution in [1.29, 1.82) is 0 Å². The zero-order valence-electron chi connectivity index (χ0n) is 14.2. The lowest BCUT2D eigenvalue weighted by atomic mass is 10.2. The SMILES string of the molecule is COCC(=O)Nc1ccc(NC(=O)NCc2ccc3c(c2)OCO3)cc1. The van der Waals surface area contributed by atoms with E-state index in [9.17, 15) is 9.59 Å². The average molecular weight is 357 g/mol. The Hall–Kier alpha value is -3.26. The highest BCUT2D eigenvalue weighted by Gasteiger charge is 2.13. The van der Waals surface area contributed by atoms with Crippen molar-refractivity contribution in [3.05, 3.63) is 48.0 Å². The number of methoxy groups -OCH3 is 1. The van der Waals surface area contributed by atoms with E-state index in [1.807, 2.05) is 18.2 Å². The predicted molar refractivity (Wildman–Crippen MR) is 95.4 cm³/mol. The van der Waals surface area contributed by atoms with Crippen LogP contribution in [0.2, 0.25) is 0 Å². The van der Waals surface area contributed by atoms with E-state index in [1.54, 1.807) is 24.3 Å². The Kier molecular flexibility index (Phi) is 5.55. The van der Waals surface area contributed by atoms with Crippen LogP contribution in [-0.2, 0) is 16.1 Å². The van der Waals surface area contributed by atoms with Crippen molar-refractivity contribution < 1.29 is 23.8 Å². The molecule has 3 N–H and O–H groups in total. The first-order valence-corrected chi connectivity index (χ1v) is 7.96. The highest BCUT2D eigenvalue weighted by Crippen LogP contribution is 2.32. The number of rotatable bonds is 6. The molecule has 0 aromatic heterocycles. The van der Waals surface area contributed by atoms with Gasteiger partial charge in [-0.25, -0.2) is 4.79 Å². The smallest absolute Gasteiger partial charge is 0.319 e. The largest absolute Gasteiger partial charge is 0.454 e. The number of nitrogens with one attached hydrogen (secondary N) is 3. The molecule has 0 fully saturated rings. The molecule has 8 nitrogen and oxygen atoms in total. The molecule has 2 aromatic rings. The number of benzene rings is 2. The quantitative estimate of drug-likeness (QED) is 0.737. The van der Waals surface area contributed by atoms with Crippen LogP contribution >= 0.6 is 0 Å². The number of amides is 3. The molecule has 1 heterocycles. The second-order valence-electron chi connectivity index (χ2n) is 5.55. The molecule has 0 radical (unpaired) electrons. The van der Waals surface area contributed by atoms with Gasteiger partial charge in [0, 0.05) is 25.0 Å². The fourth-order valence-corrected chi connectivity index (χ4v) is 2.37. The molecule has 1 aliphatic rings. The minimum absolute atomic E-state index is 0.0116. The summed E-state index contributed by atoms with van der Waals surface area (Å²) in [6, 6.07) is 12.0. The van der Waals surface area contributed by atoms with Gasteiger partial charge in [0.2, 0.25) is 12.7 Å². The van der Waals surface area contributed by atoms with E-state index in [0.29, 0.717) is 29.4 Å². The van der Waals surface area contributed by atoms with Crippen LogP contribution < -0.4 is 25.4 Å². The second kappa shape index (κ2) is 8.21. The van der Waals surface area contributed by atoms with Gasteiger partial charge in [-0.1, -0.05) is 6.07 Å². The summed E-state index contributed by atoms with van der Waals surface area (Å²) in [6.45, 7) is 0.560. The summed E-state index contributed by atoms with van der Waals surface area (Å²) in [5, 5.41) is 8.17. The molecule has 136 valence electrons. The Bertz CT molecular complexity index is 792. The molecule has 0 saturated carbocycles. The monoisotopic (exact) mass is 357 g/mol. The molecular formula is C18H19N3O5. The molecular weight excluding hydrogens is 338 g/mol. The normalized spacial score (nSPS) is 11.7.